The minimum absolute atomic E-state index is 0.685. The standard InChI is InChI=1S/C44H52O/c1-4-5-6-7-8-9-10-11-34-45-44-32-30-42(31-33-44)25-24-40-20-18-38(19-21-40)13-12-37-14-16-39(17-15-37)22-23-41-26-28-43(29-27-41)35-36(2)3/h12-33,36H,4-11,34-35H2,1-3H3. The summed E-state index contributed by atoms with van der Waals surface area (Å²) in [7, 11) is 0. The van der Waals surface area contributed by atoms with Crippen molar-refractivity contribution in [2.24, 2.45) is 5.92 Å². The fourth-order valence-electron chi connectivity index (χ4n) is 5.35. The molecule has 0 fully saturated rings. The minimum Gasteiger partial charge on any atom is -0.494 e. The van der Waals surface area contributed by atoms with E-state index in [1.807, 2.05) is 0 Å². The van der Waals surface area contributed by atoms with E-state index in [1.54, 1.807) is 0 Å². The summed E-state index contributed by atoms with van der Waals surface area (Å²) in [5, 5.41) is 0. The highest BCUT2D eigenvalue weighted by Gasteiger charge is 1.98. The first-order valence-electron chi connectivity index (χ1n) is 17.1. The van der Waals surface area contributed by atoms with Crippen LogP contribution in [0.4, 0.5) is 0 Å². The van der Waals surface area contributed by atoms with Crippen LogP contribution < -0.4 is 4.74 Å². The van der Waals surface area contributed by atoms with E-state index in [0.29, 0.717) is 5.92 Å². The number of rotatable bonds is 18. The topological polar surface area (TPSA) is 9.23 Å². The molecule has 0 radical (unpaired) electrons. The van der Waals surface area contributed by atoms with Gasteiger partial charge in [0, 0.05) is 0 Å². The summed E-state index contributed by atoms with van der Waals surface area (Å²) in [5.41, 5.74) is 8.59. The molecule has 0 aliphatic rings. The van der Waals surface area contributed by atoms with Gasteiger partial charge in [0.2, 0.25) is 0 Å². The normalized spacial score (nSPS) is 11.8. The Balaban J connectivity index is 1.18. The summed E-state index contributed by atoms with van der Waals surface area (Å²) in [5.74, 6) is 1.64. The van der Waals surface area contributed by atoms with Crippen LogP contribution in [0.3, 0.4) is 0 Å². The van der Waals surface area contributed by atoms with Crippen molar-refractivity contribution in [3.63, 3.8) is 0 Å². The molecular weight excluding hydrogens is 544 g/mol. The fourth-order valence-corrected chi connectivity index (χ4v) is 5.35. The number of benzene rings is 4. The lowest BCUT2D eigenvalue weighted by Crippen LogP contribution is -1.97. The molecule has 0 saturated carbocycles. The molecule has 4 aromatic rings. The zero-order chi connectivity index (χ0) is 31.5. The van der Waals surface area contributed by atoms with Gasteiger partial charge in [0.25, 0.3) is 0 Å². The zero-order valence-electron chi connectivity index (χ0n) is 27.8. The maximum Gasteiger partial charge on any atom is 0.119 e. The van der Waals surface area contributed by atoms with Gasteiger partial charge in [0.1, 0.15) is 5.75 Å². The van der Waals surface area contributed by atoms with E-state index in [0.717, 1.165) is 25.2 Å². The third kappa shape index (κ3) is 13.2. The molecule has 0 heterocycles. The molecule has 0 bridgehead atoms. The average molecular weight is 597 g/mol. The van der Waals surface area contributed by atoms with Gasteiger partial charge in [-0.2, -0.15) is 0 Å². The molecule has 4 rings (SSSR count). The first-order chi connectivity index (χ1) is 22.1. The number of unbranched alkanes of at least 4 members (excludes halogenated alkanes) is 7. The van der Waals surface area contributed by atoms with Crippen molar-refractivity contribution in [1.82, 2.24) is 0 Å². The predicted molar refractivity (Wildman–Crippen MR) is 199 cm³/mol. The van der Waals surface area contributed by atoms with Crippen LogP contribution in [0.25, 0.3) is 36.5 Å². The lowest BCUT2D eigenvalue weighted by molar-refractivity contribution is 0.304. The molecule has 0 spiro atoms. The molecule has 0 unspecified atom stereocenters. The van der Waals surface area contributed by atoms with Gasteiger partial charge in [-0.3, -0.25) is 0 Å². The van der Waals surface area contributed by atoms with Crippen LogP contribution in [0.15, 0.2) is 97.1 Å². The summed E-state index contributed by atoms with van der Waals surface area (Å²) in [4.78, 5) is 0. The molecular formula is C44H52O. The van der Waals surface area contributed by atoms with Gasteiger partial charge in [-0.25, -0.2) is 0 Å². The monoisotopic (exact) mass is 596 g/mol. The van der Waals surface area contributed by atoms with Gasteiger partial charge in [-0.05, 0) is 69.8 Å². The van der Waals surface area contributed by atoms with E-state index < -0.39 is 0 Å². The molecule has 4 aromatic carbocycles. The highest BCUT2D eigenvalue weighted by molar-refractivity contribution is 5.74. The third-order valence-electron chi connectivity index (χ3n) is 8.05. The lowest BCUT2D eigenvalue weighted by Gasteiger charge is -2.06. The Morgan fingerprint density at radius 3 is 1.16 bits per heavy atom. The van der Waals surface area contributed by atoms with Crippen molar-refractivity contribution in [3.8, 4) is 5.75 Å². The van der Waals surface area contributed by atoms with E-state index in [4.69, 9.17) is 4.74 Å². The number of ether oxygens (including phenoxy) is 1. The van der Waals surface area contributed by atoms with Crippen molar-refractivity contribution in [2.45, 2.75) is 78.6 Å². The van der Waals surface area contributed by atoms with Crippen LogP contribution in [0.1, 0.15) is 111 Å². The van der Waals surface area contributed by atoms with Gasteiger partial charge in [-0.15, -0.1) is 0 Å². The zero-order valence-corrected chi connectivity index (χ0v) is 27.8. The smallest absolute Gasteiger partial charge is 0.119 e. The second-order valence-corrected chi connectivity index (χ2v) is 12.6. The molecule has 0 saturated heterocycles. The summed E-state index contributed by atoms with van der Waals surface area (Å²) in [6.07, 6.45) is 24.7. The second-order valence-electron chi connectivity index (χ2n) is 12.6. The van der Waals surface area contributed by atoms with Crippen LogP contribution in [0.5, 0.6) is 5.75 Å². The Labute approximate surface area is 273 Å². The maximum absolute atomic E-state index is 5.95. The van der Waals surface area contributed by atoms with Crippen molar-refractivity contribution in [3.05, 3.63) is 136 Å². The van der Waals surface area contributed by atoms with E-state index in [1.165, 1.54) is 83.9 Å². The second kappa shape index (κ2) is 19.3. The van der Waals surface area contributed by atoms with Crippen LogP contribution in [0.2, 0.25) is 0 Å². The fraction of sp³-hybridized carbons (Fsp3) is 0.318. The van der Waals surface area contributed by atoms with Crippen molar-refractivity contribution >= 4 is 36.5 Å². The summed E-state index contributed by atoms with van der Waals surface area (Å²) >= 11 is 0. The minimum atomic E-state index is 0.685. The Morgan fingerprint density at radius 2 is 0.778 bits per heavy atom. The van der Waals surface area contributed by atoms with Crippen molar-refractivity contribution in [1.29, 1.82) is 0 Å². The van der Waals surface area contributed by atoms with E-state index in [2.05, 4.69) is 154 Å². The molecule has 0 aliphatic heterocycles. The van der Waals surface area contributed by atoms with Crippen molar-refractivity contribution < 1.29 is 4.74 Å². The van der Waals surface area contributed by atoms with Crippen LogP contribution in [0, 0.1) is 5.92 Å². The Morgan fingerprint density at radius 1 is 0.444 bits per heavy atom. The van der Waals surface area contributed by atoms with E-state index in [-0.39, 0.29) is 0 Å². The first kappa shape index (κ1) is 33.8. The van der Waals surface area contributed by atoms with E-state index >= 15 is 0 Å². The summed E-state index contributed by atoms with van der Waals surface area (Å²) in [6, 6.07) is 34.7. The van der Waals surface area contributed by atoms with Gasteiger partial charge in [0.05, 0.1) is 6.61 Å². The molecule has 0 atom stereocenters. The molecule has 0 aliphatic carbocycles. The highest BCUT2D eigenvalue weighted by Crippen LogP contribution is 2.18. The van der Waals surface area contributed by atoms with Crippen LogP contribution in [-0.2, 0) is 6.42 Å². The third-order valence-corrected chi connectivity index (χ3v) is 8.05. The van der Waals surface area contributed by atoms with Gasteiger partial charge < -0.3 is 4.74 Å². The molecule has 234 valence electrons. The Kier molecular flexibility index (Phi) is 14.5. The van der Waals surface area contributed by atoms with Gasteiger partial charge in [0.15, 0.2) is 0 Å². The Bertz CT molecular complexity index is 1450. The highest BCUT2D eigenvalue weighted by atomic mass is 16.5. The quantitative estimate of drug-likeness (QED) is 0.0820. The SMILES string of the molecule is CCCCCCCCCCOc1ccc(C=Cc2ccc(C=Cc3ccc(C=Cc4ccc(CC(C)C)cc4)cc3)cc2)cc1. The molecule has 1 nitrogen and oxygen atoms in total. The summed E-state index contributed by atoms with van der Waals surface area (Å²) in [6.45, 7) is 7.60. The Hall–Kier alpha value is -4.10. The molecule has 0 aromatic heterocycles. The molecule has 0 amide bonds. The molecule has 1 heteroatoms. The van der Waals surface area contributed by atoms with Crippen LogP contribution in [-0.4, -0.2) is 6.61 Å². The maximum atomic E-state index is 5.95. The first-order valence-corrected chi connectivity index (χ1v) is 17.1. The average Bonchev–Trinajstić information content (AvgIpc) is 3.06. The molecule has 45 heavy (non-hydrogen) atoms. The van der Waals surface area contributed by atoms with Crippen molar-refractivity contribution in [2.75, 3.05) is 6.61 Å². The largest absolute Gasteiger partial charge is 0.494 e. The number of hydrogen-bond acceptors (Lipinski definition) is 1. The summed E-state index contributed by atoms with van der Waals surface area (Å²) < 4.78 is 5.95. The van der Waals surface area contributed by atoms with Crippen LogP contribution >= 0.6 is 0 Å². The van der Waals surface area contributed by atoms with Gasteiger partial charge >= 0.3 is 0 Å². The lowest BCUT2D eigenvalue weighted by atomic mass is 10.0. The number of hydrogen-bond donors (Lipinski definition) is 0. The van der Waals surface area contributed by atoms with Gasteiger partial charge in [-0.1, -0.05) is 187 Å². The van der Waals surface area contributed by atoms with E-state index in [9.17, 15) is 0 Å². The molecule has 0 N–H and O–H groups in total. The predicted octanol–water partition coefficient (Wildman–Crippen LogP) is 12.9.